The fraction of sp³-hybridized carbons (Fsp3) is 0.318. The van der Waals surface area contributed by atoms with Crippen LogP contribution >= 0.6 is 22.7 Å². The van der Waals surface area contributed by atoms with E-state index in [1.165, 1.54) is 22.3 Å². The first-order valence-corrected chi connectivity index (χ1v) is 11.7. The number of esters is 1. The summed E-state index contributed by atoms with van der Waals surface area (Å²) < 4.78 is 9.32. The van der Waals surface area contributed by atoms with Crippen LogP contribution in [0.5, 0.6) is 0 Å². The Balaban J connectivity index is 1.40. The molecule has 0 unspecified atom stereocenters. The molecular formula is C22H21N3O3S2. The first-order chi connectivity index (χ1) is 14.5. The average molecular weight is 440 g/mol. The lowest BCUT2D eigenvalue weighted by Gasteiger charge is -2.11. The lowest BCUT2D eigenvalue weighted by Crippen LogP contribution is -2.18. The van der Waals surface area contributed by atoms with Crippen LogP contribution in [0.3, 0.4) is 0 Å². The van der Waals surface area contributed by atoms with Crippen molar-refractivity contribution in [1.29, 1.82) is 0 Å². The van der Waals surface area contributed by atoms with E-state index in [1.807, 2.05) is 35.9 Å². The van der Waals surface area contributed by atoms with E-state index in [0.717, 1.165) is 47.8 Å². The molecule has 0 spiro atoms. The van der Waals surface area contributed by atoms with Crippen LogP contribution in [0.1, 0.15) is 50.9 Å². The summed E-state index contributed by atoms with van der Waals surface area (Å²) in [4.78, 5) is 32.0. The topological polar surface area (TPSA) is 65.6 Å². The highest BCUT2D eigenvalue weighted by Crippen LogP contribution is 2.29. The molecule has 154 valence electrons. The van der Waals surface area contributed by atoms with E-state index in [2.05, 4.69) is 4.98 Å². The van der Waals surface area contributed by atoms with Crippen LogP contribution < -0.4 is 5.56 Å². The number of thiazole rings is 1. The monoisotopic (exact) mass is 439 g/mol. The highest BCUT2D eigenvalue weighted by atomic mass is 32.1. The Morgan fingerprint density at radius 1 is 1.17 bits per heavy atom. The van der Waals surface area contributed by atoms with Crippen molar-refractivity contribution in [3.63, 3.8) is 0 Å². The van der Waals surface area contributed by atoms with Crippen LogP contribution in [0.4, 0.5) is 0 Å². The number of carbonyl (C=O) groups excluding carboxylic acids is 1. The Kier molecular flexibility index (Phi) is 4.83. The SMILES string of the molecule is Cc1ccc(C)n1-c1sccc1C(=O)OCc1cc(=O)n2c3c(sc2n1)CCCC3. The number of nitrogens with zero attached hydrogens (tertiary/aromatic N) is 3. The molecule has 0 saturated carbocycles. The van der Waals surface area contributed by atoms with E-state index in [0.29, 0.717) is 16.2 Å². The molecular weight excluding hydrogens is 418 g/mol. The molecule has 4 aromatic heterocycles. The molecule has 0 radical (unpaired) electrons. The largest absolute Gasteiger partial charge is 0.455 e. The van der Waals surface area contributed by atoms with Crippen LogP contribution in [-0.2, 0) is 24.2 Å². The van der Waals surface area contributed by atoms with Gasteiger partial charge in [-0.3, -0.25) is 9.20 Å². The van der Waals surface area contributed by atoms with Gasteiger partial charge in [-0.05, 0) is 63.1 Å². The van der Waals surface area contributed by atoms with Crippen molar-refractivity contribution in [2.75, 3.05) is 0 Å². The van der Waals surface area contributed by atoms with Gasteiger partial charge in [0, 0.05) is 28.0 Å². The number of fused-ring (bicyclic) bond motifs is 3. The molecule has 1 aliphatic carbocycles. The lowest BCUT2D eigenvalue weighted by molar-refractivity contribution is 0.0468. The fourth-order valence-corrected chi connectivity index (χ4v) is 6.29. The highest BCUT2D eigenvalue weighted by molar-refractivity contribution is 7.17. The molecule has 0 aliphatic heterocycles. The molecule has 0 bridgehead atoms. The Morgan fingerprint density at radius 3 is 2.73 bits per heavy atom. The summed E-state index contributed by atoms with van der Waals surface area (Å²) in [7, 11) is 0. The Hall–Kier alpha value is -2.71. The third kappa shape index (κ3) is 3.20. The van der Waals surface area contributed by atoms with E-state index < -0.39 is 5.97 Å². The van der Waals surface area contributed by atoms with E-state index in [9.17, 15) is 9.59 Å². The van der Waals surface area contributed by atoms with Crippen molar-refractivity contribution in [2.24, 2.45) is 0 Å². The van der Waals surface area contributed by atoms with Crippen LogP contribution in [-0.4, -0.2) is 19.9 Å². The van der Waals surface area contributed by atoms with Crippen molar-refractivity contribution in [1.82, 2.24) is 14.0 Å². The van der Waals surface area contributed by atoms with Crippen molar-refractivity contribution in [2.45, 2.75) is 46.1 Å². The molecule has 0 fully saturated rings. The van der Waals surface area contributed by atoms with Gasteiger partial charge < -0.3 is 9.30 Å². The molecule has 0 amide bonds. The molecule has 8 heteroatoms. The molecule has 1 aliphatic rings. The van der Waals surface area contributed by atoms with Gasteiger partial charge in [0.1, 0.15) is 11.6 Å². The molecule has 0 N–H and O–H groups in total. The number of hydrogen-bond acceptors (Lipinski definition) is 6. The third-order valence-electron chi connectivity index (χ3n) is 5.50. The maximum absolute atomic E-state index is 12.8. The second-order valence-electron chi connectivity index (χ2n) is 7.55. The van der Waals surface area contributed by atoms with Crippen molar-refractivity contribution < 1.29 is 9.53 Å². The second-order valence-corrected chi connectivity index (χ2v) is 9.51. The van der Waals surface area contributed by atoms with Gasteiger partial charge in [0.2, 0.25) is 0 Å². The number of hydrogen-bond donors (Lipinski definition) is 0. The van der Waals surface area contributed by atoms with Gasteiger partial charge in [-0.1, -0.05) is 0 Å². The Bertz CT molecular complexity index is 1310. The molecule has 5 rings (SSSR count). The minimum Gasteiger partial charge on any atom is -0.455 e. The number of aromatic nitrogens is 3. The third-order valence-corrected chi connectivity index (χ3v) is 7.55. The summed E-state index contributed by atoms with van der Waals surface area (Å²) in [6.45, 7) is 4.00. The summed E-state index contributed by atoms with van der Waals surface area (Å²) in [6, 6.07) is 7.31. The maximum atomic E-state index is 12.8. The van der Waals surface area contributed by atoms with Gasteiger partial charge >= 0.3 is 5.97 Å². The number of aryl methyl sites for hydroxylation is 4. The molecule has 4 aromatic rings. The van der Waals surface area contributed by atoms with Gasteiger partial charge in [-0.25, -0.2) is 9.78 Å². The van der Waals surface area contributed by atoms with E-state index in [4.69, 9.17) is 4.74 Å². The predicted octanol–water partition coefficient (Wildman–Crippen LogP) is 4.46. The fourth-order valence-electron chi connectivity index (χ4n) is 4.05. The smallest absolute Gasteiger partial charge is 0.341 e. The maximum Gasteiger partial charge on any atom is 0.341 e. The molecule has 0 aromatic carbocycles. The minimum atomic E-state index is -0.411. The Labute approximate surface area is 181 Å². The van der Waals surface area contributed by atoms with Crippen LogP contribution in [0.15, 0.2) is 34.4 Å². The van der Waals surface area contributed by atoms with Crippen molar-refractivity contribution in [3.8, 4) is 5.00 Å². The van der Waals surface area contributed by atoms with Crippen LogP contribution in [0.2, 0.25) is 0 Å². The summed E-state index contributed by atoms with van der Waals surface area (Å²) >= 11 is 3.07. The molecule has 0 atom stereocenters. The highest BCUT2D eigenvalue weighted by Gasteiger charge is 2.20. The standard InChI is InChI=1S/C22H21N3O3S2/c1-13-7-8-14(2)24(13)20-16(9-10-29-20)21(27)28-12-15-11-19(26)25-17-5-3-4-6-18(17)30-22(25)23-15/h7-11H,3-6,12H2,1-2H3. The number of ether oxygens (including phenoxy) is 1. The predicted molar refractivity (Wildman–Crippen MR) is 118 cm³/mol. The van der Waals surface area contributed by atoms with Gasteiger partial charge in [0.05, 0.1) is 11.3 Å². The summed E-state index contributed by atoms with van der Waals surface area (Å²) in [6.07, 6.45) is 4.19. The second kappa shape index (κ2) is 7.52. The van der Waals surface area contributed by atoms with Gasteiger partial charge in [0.25, 0.3) is 5.56 Å². The lowest BCUT2D eigenvalue weighted by atomic mass is 10.0. The van der Waals surface area contributed by atoms with E-state index >= 15 is 0 Å². The summed E-state index contributed by atoms with van der Waals surface area (Å²) in [5.41, 5.74) is 4.13. The molecule has 6 nitrogen and oxygen atoms in total. The average Bonchev–Trinajstić information content (AvgIpc) is 3.42. The molecule has 30 heavy (non-hydrogen) atoms. The first-order valence-electron chi connectivity index (χ1n) is 9.96. The minimum absolute atomic E-state index is 0.0218. The van der Waals surface area contributed by atoms with Crippen molar-refractivity contribution >= 4 is 33.6 Å². The Morgan fingerprint density at radius 2 is 1.93 bits per heavy atom. The zero-order chi connectivity index (χ0) is 20.8. The number of thiophene rings is 1. The van der Waals surface area contributed by atoms with E-state index in [1.54, 1.807) is 21.8 Å². The van der Waals surface area contributed by atoms with Gasteiger partial charge in [-0.15, -0.1) is 22.7 Å². The normalized spacial score (nSPS) is 13.5. The summed E-state index contributed by atoms with van der Waals surface area (Å²) in [5.74, 6) is -0.411. The van der Waals surface area contributed by atoms with Crippen molar-refractivity contribution in [3.05, 3.63) is 73.2 Å². The number of rotatable bonds is 4. The number of carbonyl (C=O) groups is 1. The zero-order valence-electron chi connectivity index (χ0n) is 16.8. The first kappa shape index (κ1) is 19.3. The van der Waals surface area contributed by atoms with Crippen LogP contribution in [0.25, 0.3) is 9.96 Å². The van der Waals surface area contributed by atoms with E-state index in [-0.39, 0.29) is 12.2 Å². The van der Waals surface area contributed by atoms with Gasteiger partial charge in [0.15, 0.2) is 4.96 Å². The zero-order valence-corrected chi connectivity index (χ0v) is 18.4. The quantitative estimate of drug-likeness (QED) is 0.440. The van der Waals surface area contributed by atoms with Crippen LogP contribution in [0, 0.1) is 13.8 Å². The molecule has 0 saturated heterocycles. The summed E-state index contributed by atoms with van der Waals surface area (Å²) in [5, 5.41) is 2.73. The van der Waals surface area contributed by atoms with Gasteiger partial charge in [-0.2, -0.15) is 0 Å². The molecule has 4 heterocycles.